The summed E-state index contributed by atoms with van der Waals surface area (Å²) >= 11 is 0. The standard InChI is InChI=1S/C17H11NO2/c1-10-15-14(9-11-5-4-8-18-16(10)11)20-13-7-3-2-6-12(13)17(15)19/h2-9H,1H3. The molecule has 2 heterocycles. The fourth-order valence-electron chi connectivity index (χ4n) is 2.72. The van der Waals surface area contributed by atoms with Crippen molar-refractivity contribution in [2.75, 3.05) is 0 Å². The predicted molar refractivity (Wildman–Crippen MR) is 80.0 cm³/mol. The van der Waals surface area contributed by atoms with Gasteiger partial charge in [-0.2, -0.15) is 0 Å². The average Bonchev–Trinajstić information content (AvgIpc) is 2.47. The maximum atomic E-state index is 12.7. The molecule has 4 rings (SSSR count). The van der Waals surface area contributed by atoms with Gasteiger partial charge in [0.05, 0.1) is 16.3 Å². The van der Waals surface area contributed by atoms with Crippen molar-refractivity contribution >= 4 is 32.8 Å². The second-order valence-corrected chi connectivity index (χ2v) is 4.88. The van der Waals surface area contributed by atoms with Crippen LogP contribution in [0.3, 0.4) is 0 Å². The van der Waals surface area contributed by atoms with E-state index in [2.05, 4.69) is 4.98 Å². The molecule has 0 aliphatic heterocycles. The van der Waals surface area contributed by atoms with Crippen LogP contribution in [0.4, 0.5) is 0 Å². The van der Waals surface area contributed by atoms with Crippen LogP contribution < -0.4 is 5.43 Å². The van der Waals surface area contributed by atoms with Crippen LogP contribution in [0, 0.1) is 6.92 Å². The molecule has 0 radical (unpaired) electrons. The van der Waals surface area contributed by atoms with Crippen LogP contribution in [-0.4, -0.2) is 4.98 Å². The van der Waals surface area contributed by atoms with Crippen LogP contribution in [0.1, 0.15) is 5.56 Å². The van der Waals surface area contributed by atoms with E-state index in [1.807, 2.05) is 43.3 Å². The lowest BCUT2D eigenvalue weighted by Crippen LogP contribution is -2.04. The SMILES string of the molecule is Cc1c2ncccc2cc2oc3ccccc3c(=O)c12. The first-order chi connectivity index (χ1) is 9.75. The summed E-state index contributed by atoms with van der Waals surface area (Å²) < 4.78 is 5.89. The number of aromatic nitrogens is 1. The predicted octanol–water partition coefficient (Wildman–Crippen LogP) is 3.80. The normalized spacial score (nSPS) is 11.4. The van der Waals surface area contributed by atoms with Crippen LogP contribution >= 0.6 is 0 Å². The van der Waals surface area contributed by atoms with Crippen molar-refractivity contribution in [2.24, 2.45) is 0 Å². The van der Waals surface area contributed by atoms with Gasteiger partial charge in [-0.05, 0) is 36.8 Å². The van der Waals surface area contributed by atoms with E-state index < -0.39 is 0 Å². The van der Waals surface area contributed by atoms with E-state index >= 15 is 0 Å². The summed E-state index contributed by atoms with van der Waals surface area (Å²) in [5.41, 5.74) is 2.96. The third kappa shape index (κ3) is 1.40. The van der Waals surface area contributed by atoms with Crippen LogP contribution in [0.5, 0.6) is 0 Å². The Labute approximate surface area is 114 Å². The topological polar surface area (TPSA) is 43.1 Å². The Bertz CT molecular complexity index is 1030. The fourth-order valence-corrected chi connectivity index (χ4v) is 2.72. The van der Waals surface area contributed by atoms with Gasteiger partial charge in [-0.3, -0.25) is 9.78 Å². The van der Waals surface area contributed by atoms with Gasteiger partial charge in [0.2, 0.25) is 5.43 Å². The Hall–Kier alpha value is -2.68. The van der Waals surface area contributed by atoms with Crippen molar-refractivity contribution in [3.63, 3.8) is 0 Å². The molecule has 4 aromatic rings. The van der Waals surface area contributed by atoms with E-state index in [0.717, 1.165) is 16.5 Å². The number of benzene rings is 2. The first-order valence-electron chi connectivity index (χ1n) is 6.45. The van der Waals surface area contributed by atoms with Gasteiger partial charge in [0.25, 0.3) is 0 Å². The number of hydrogen-bond donors (Lipinski definition) is 0. The fraction of sp³-hybridized carbons (Fsp3) is 0.0588. The minimum atomic E-state index is 0.00639. The van der Waals surface area contributed by atoms with Crippen LogP contribution in [-0.2, 0) is 0 Å². The monoisotopic (exact) mass is 261 g/mol. The van der Waals surface area contributed by atoms with Crippen molar-refractivity contribution in [3.05, 3.63) is 64.4 Å². The highest BCUT2D eigenvalue weighted by atomic mass is 16.3. The van der Waals surface area contributed by atoms with E-state index in [-0.39, 0.29) is 5.43 Å². The van der Waals surface area contributed by atoms with Gasteiger partial charge in [0.15, 0.2) is 0 Å². The highest BCUT2D eigenvalue weighted by Gasteiger charge is 2.12. The smallest absolute Gasteiger partial charge is 0.200 e. The Kier molecular flexibility index (Phi) is 2.18. The molecule has 0 spiro atoms. The Morgan fingerprint density at radius 2 is 1.90 bits per heavy atom. The lowest BCUT2D eigenvalue weighted by atomic mass is 10.0. The lowest BCUT2D eigenvalue weighted by Gasteiger charge is -2.06. The maximum absolute atomic E-state index is 12.7. The number of rotatable bonds is 0. The summed E-state index contributed by atoms with van der Waals surface area (Å²) in [6.07, 6.45) is 1.74. The maximum Gasteiger partial charge on any atom is 0.200 e. The summed E-state index contributed by atoms with van der Waals surface area (Å²) in [6.45, 7) is 1.92. The number of fused-ring (bicyclic) bond motifs is 3. The van der Waals surface area contributed by atoms with Crippen molar-refractivity contribution in [1.29, 1.82) is 0 Å². The van der Waals surface area contributed by atoms with E-state index in [9.17, 15) is 4.79 Å². The highest BCUT2D eigenvalue weighted by molar-refractivity contribution is 6.01. The molecule has 0 aliphatic rings. The molecule has 0 aliphatic carbocycles. The first kappa shape index (κ1) is 11.2. The van der Waals surface area contributed by atoms with Gasteiger partial charge in [0, 0.05) is 11.6 Å². The molecule has 0 saturated heterocycles. The van der Waals surface area contributed by atoms with Gasteiger partial charge in [-0.15, -0.1) is 0 Å². The third-order valence-electron chi connectivity index (χ3n) is 3.68. The van der Waals surface area contributed by atoms with Crippen molar-refractivity contribution in [2.45, 2.75) is 6.92 Å². The largest absolute Gasteiger partial charge is 0.456 e. The summed E-state index contributed by atoms with van der Waals surface area (Å²) in [7, 11) is 0. The van der Waals surface area contributed by atoms with Crippen molar-refractivity contribution in [1.82, 2.24) is 4.98 Å². The molecule has 3 heteroatoms. The molecule has 0 fully saturated rings. The zero-order chi connectivity index (χ0) is 13.7. The summed E-state index contributed by atoms with van der Waals surface area (Å²) in [6, 6.07) is 13.1. The molecule has 3 nitrogen and oxygen atoms in total. The van der Waals surface area contributed by atoms with Crippen molar-refractivity contribution < 1.29 is 4.42 Å². The molecule has 2 aromatic carbocycles. The number of pyridine rings is 1. The first-order valence-corrected chi connectivity index (χ1v) is 6.45. The van der Waals surface area contributed by atoms with Crippen molar-refractivity contribution in [3.8, 4) is 0 Å². The number of hydrogen-bond acceptors (Lipinski definition) is 3. The summed E-state index contributed by atoms with van der Waals surface area (Å²) in [4.78, 5) is 17.0. The molecule has 0 atom stereocenters. The number of aryl methyl sites for hydroxylation is 1. The summed E-state index contributed by atoms with van der Waals surface area (Å²) in [5.74, 6) is 0. The molecule has 0 amide bonds. The molecule has 0 bridgehead atoms. The molecule has 0 saturated carbocycles. The van der Waals surface area contributed by atoms with Crippen LogP contribution in [0.2, 0.25) is 0 Å². The van der Waals surface area contributed by atoms with Gasteiger partial charge in [0.1, 0.15) is 11.2 Å². The Morgan fingerprint density at radius 1 is 1.05 bits per heavy atom. The summed E-state index contributed by atoms with van der Waals surface area (Å²) in [5, 5.41) is 2.21. The molecule has 20 heavy (non-hydrogen) atoms. The second kappa shape index (κ2) is 3.90. The lowest BCUT2D eigenvalue weighted by molar-refractivity contribution is 0.660. The molecule has 0 N–H and O–H groups in total. The Morgan fingerprint density at radius 3 is 2.80 bits per heavy atom. The van der Waals surface area contributed by atoms with E-state index in [0.29, 0.717) is 21.9 Å². The van der Waals surface area contributed by atoms with Gasteiger partial charge in [-0.1, -0.05) is 18.2 Å². The average molecular weight is 261 g/mol. The van der Waals surface area contributed by atoms with Gasteiger partial charge in [-0.25, -0.2) is 0 Å². The van der Waals surface area contributed by atoms with Crippen LogP contribution in [0.25, 0.3) is 32.8 Å². The minimum Gasteiger partial charge on any atom is -0.456 e. The quantitative estimate of drug-likeness (QED) is 0.452. The molecular weight excluding hydrogens is 250 g/mol. The number of nitrogens with zero attached hydrogens (tertiary/aromatic N) is 1. The molecule has 96 valence electrons. The van der Waals surface area contributed by atoms with Crippen LogP contribution in [0.15, 0.2) is 57.9 Å². The molecule has 0 unspecified atom stereocenters. The van der Waals surface area contributed by atoms with E-state index in [1.54, 1.807) is 12.3 Å². The van der Waals surface area contributed by atoms with E-state index in [4.69, 9.17) is 4.42 Å². The second-order valence-electron chi connectivity index (χ2n) is 4.88. The molecular formula is C17H11NO2. The minimum absolute atomic E-state index is 0.00639. The zero-order valence-corrected chi connectivity index (χ0v) is 10.9. The van der Waals surface area contributed by atoms with Gasteiger partial charge >= 0.3 is 0 Å². The third-order valence-corrected chi connectivity index (χ3v) is 3.68. The molecule has 2 aromatic heterocycles. The van der Waals surface area contributed by atoms with E-state index in [1.165, 1.54) is 0 Å². The number of para-hydroxylation sites is 1. The Balaban J connectivity index is 2.35. The highest BCUT2D eigenvalue weighted by Crippen LogP contribution is 2.26. The zero-order valence-electron chi connectivity index (χ0n) is 10.9. The van der Waals surface area contributed by atoms with Gasteiger partial charge < -0.3 is 4.42 Å².